The summed E-state index contributed by atoms with van der Waals surface area (Å²) in [6, 6.07) is 98.4. The maximum absolute atomic E-state index is 2.51. The van der Waals surface area contributed by atoms with Gasteiger partial charge in [-0.1, -0.05) is 208 Å². The van der Waals surface area contributed by atoms with E-state index in [-0.39, 0.29) is 5.41 Å². The molecule has 0 aromatic heterocycles. The molecule has 0 saturated heterocycles. The first-order valence-corrected chi connectivity index (χ1v) is 27.0. The van der Waals surface area contributed by atoms with E-state index in [4.69, 9.17) is 0 Å². The van der Waals surface area contributed by atoms with Crippen molar-refractivity contribution < 1.29 is 0 Å². The van der Waals surface area contributed by atoms with Crippen molar-refractivity contribution in [2.75, 3.05) is 9.80 Å². The van der Waals surface area contributed by atoms with E-state index in [9.17, 15) is 0 Å². The van der Waals surface area contributed by atoms with Gasteiger partial charge < -0.3 is 9.80 Å². The number of fused-ring (bicyclic) bond motifs is 9. The molecule has 0 heterocycles. The lowest BCUT2D eigenvalue weighted by molar-refractivity contribution is 0.660. The Hall–Kier alpha value is -9.50. The van der Waals surface area contributed by atoms with Crippen LogP contribution in [0, 0.1) is 0 Å². The van der Waals surface area contributed by atoms with E-state index < -0.39 is 0 Å². The largest absolute Gasteiger partial charge is 0.314 e. The monoisotopic (exact) mass is 984 g/mol. The average Bonchev–Trinajstić information content (AvgIpc) is 3.91. The van der Waals surface area contributed by atoms with Gasteiger partial charge in [-0.3, -0.25) is 0 Å². The van der Waals surface area contributed by atoms with E-state index in [2.05, 4.69) is 303 Å². The topological polar surface area (TPSA) is 6.48 Å². The number of benzene rings is 12. The third-order valence-corrected chi connectivity index (χ3v) is 16.3. The smallest absolute Gasteiger partial charge is 0.0462 e. The van der Waals surface area contributed by atoms with Gasteiger partial charge in [-0.2, -0.15) is 0 Å². The molecule has 0 aliphatic heterocycles. The Bertz CT molecular complexity index is 4170. The summed E-state index contributed by atoms with van der Waals surface area (Å²) >= 11 is 0. The van der Waals surface area contributed by atoms with Gasteiger partial charge in [0.15, 0.2) is 0 Å². The van der Waals surface area contributed by atoms with Crippen molar-refractivity contribution in [3.63, 3.8) is 0 Å². The molecule has 2 heteroatoms. The van der Waals surface area contributed by atoms with E-state index >= 15 is 0 Å². The first kappa shape index (κ1) is 46.1. The highest BCUT2D eigenvalue weighted by atomic mass is 15.2. The first-order chi connectivity index (χ1) is 38.0. The summed E-state index contributed by atoms with van der Waals surface area (Å²) in [5.74, 6) is 0. The van der Waals surface area contributed by atoms with Gasteiger partial charge in [-0.25, -0.2) is 0 Å². The van der Waals surface area contributed by atoms with Gasteiger partial charge in [-0.05, 0) is 197 Å². The molecule has 0 saturated carbocycles. The quantitative estimate of drug-likeness (QED) is 0.126. The fourth-order valence-electron chi connectivity index (χ4n) is 12.7. The summed E-state index contributed by atoms with van der Waals surface area (Å²) in [6.45, 7) is 4.75. The minimum Gasteiger partial charge on any atom is -0.314 e. The SMILES string of the molecule is CC1(C)c2ccccc2-c2ccc(-c3ccc4c(c3)c3ccccc3c3c(-c5ccc(N(c6ccccc6)c6ccccc6)cc5)cc(-c5ccccc5)c(C5=CC=C(N(c6ccccc6)c6ccccc6)CC5)c43)cc21. The van der Waals surface area contributed by atoms with Crippen LogP contribution in [0.5, 0.6) is 0 Å². The number of nitrogens with zero attached hydrogens (tertiary/aromatic N) is 2. The van der Waals surface area contributed by atoms with Crippen LogP contribution in [0.25, 0.3) is 82.4 Å². The second-order valence-electron chi connectivity index (χ2n) is 21.1. The highest BCUT2D eigenvalue weighted by Gasteiger charge is 2.35. The van der Waals surface area contributed by atoms with Gasteiger partial charge in [0.05, 0.1) is 0 Å². The summed E-state index contributed by atoms with van der Waals surface area (Å²) in [5, 5.41) is 7.58. The lowest BCUT2D eigenvalue weighted by atomic mass is 9.79. The van der Waals surface area contributed by atoms with E-state index in [1.54, 1.807) is 0 Å². The number of anilines is 5. The normalized spacial score (nSPS) is 13.5. The average molecular weight is 985 g/mol. The molecule has 2 aliphatic carbocycles. The maximum atomic E-state index is 2.51. The Balaban J connectivity index is 1.02. The Morgan fingerprint density at radius 3 is 1.40 bits per heavy atom. The van der Waals surface area contributed by atoms with Crippen LogP contribution in [0.15, 0.2) is 285 Å². The van der Waals surface area contributed by atoms with Crippen molar-refractivity contribution in [3.8, 4) is 44.5 Å². The molecule has 0 amide bonds. The Morgan fingerprint density at radius 1 is 0.299 bits per heavy atom. The second-order valence-corrected chi connectivity index (χ2v) is 21.1. The van der Waals surface area contributed by atoms with Crippen molar-refractivity contribution in [2.45, 2.75) is 32.1 Å². The number of hydrogen-bond donors (Lipinski definition) is 0. The third-order valence-electron chi connectivity index (χ3n) is 16.3. The minimum atomic E-state index is -0.0956. The second kappa shape index (κ2) is 19.0. The van der Waals surface area contributed by atoms with Crippen LogP contribution in [0.3, 0.4) is 0 Å². The molecule has 12 aromatic carbocycles. The molecule has 0 spiro atoms. The standard InChI is InChI=1S/C75H56N2/c1-75(2)70-35-21-20-33-63(70)64-46-40-55(49-71(64)75)54-41-47-66-69(48-54)62-32-18-19-34-65(62)73-68(52-36-42-60(43-37-52)76(56-24-10-4-11-25-56)57-26-12-5-13-27-57)50-67(51-22-8-3-9-23-51)72(74(66)73)53-38-44-61(45-39-53)77(58-28-14-6-15-29-58)59-30-16-7-17-31-59/h3-38,40-44,46-50H,39,45H2,1-2H3. The molecule has 12 aromatic rings. The highest BCUT2D eigenvalue weighted by Crippen LogP contribution is 2.52. The van der Waals surface area contributed by atoms with Gasteiger partial charge in [0.25, 0.3) is 0 Å². The van der Waals surface area contributed by atoms with Crippen molar-refractivity contribution in [3.05, 3.63) is 301 Å². The predicted molar refractivity (Wildman–Crippen MR) is 328 cm³/mol. The molecule has 2 nitrogen and oxygen atoms in total. The van der Waals surface area contributed by atoms with Crippen molar-refractivity contribution >= 4 is 66.3 Å². The fraction of sp³-hybridized carbons (Fsp3) is 0.0667. The van der Waals surface area contributed by atoms with Crippen molar-refractivity contribution in [1.29, 1.82) is 0 Å². The molecule has 0 radical (unpaired) electrons. The van der Waals surface area contributed by atoms with Crippen molar-refractivity contribution in [2.24, 2.45) is 0 Å². The van der Waals surface area contributed by atoms with E-state index in [1.807, 2.05) is 0 Å². The lowest BCUT2D eigenvalue weighted by Crippen LogP contribution is -2.17. The molecule has 2 aliphatic rings. The summed E-state index contributed by atoms with van der Waals surface area (Å²) in [4.78, 5) is 4.77. The van der Waals surface area contributed by atoms with Gasteiger partial charge in [-0.15, -0.1) is 0 Å². The van der Waals surface area contributed by atoms with Gasteiger partial charge in [0.2, 0.25) is 0 Å². The third kappa shape index (κ3) is 7.95. The van der Waals surface area contributed by atoms with E-state index in [0.717, 1.165) is 41.3 Å². The van der Waals surface area contributed by atoms with Gasteiger partial charge >= 0.3 is 0 Å². The van der Waals surface area contributed by atoms with Gasteiger partial charge in [0.1, 0.15) is 0 Å². The van der Waals surface area contributed by atoms with Gasteiger partial charge in [0, 0.05) is 39.5 Å². The molecule has 366 valence electrons. The number of rotatable bonds is 10. The Morgan fingerprint density at radius 2 is 0.779 bits per heavy atom. The zero-order valence-corrected chi connectivity index (χ0v) is 43.4. The van der Waals surface area contributed by atoms with Crippen molar-refractivity contribution in [1.82, 2.24) is 0 Å². The molecular weight excluding hydrogens is 929 g/mol. The van der Waals surface area contributed by atoms with Crippen LogP contribution in [-0.2, 0) is 5.41 Å². The molecule has 0 unspecified atom stereocenters. The minimum absolute atomic E-state index is 0.0956. The Labute approximate surface area is 451 Å². The van der Waals surface area contributed by atoms with Crippen LogP contribution in [0.1, 0.15) is 43.4 Å². The molecule has 0 N–H and O–H groups in total. The molecule has 77 heavy (non-hydrogen) atoms. The number of hydrogen-bond acceptors (Lipinski definition) is 2. The van der Waals surface area contributed by atoms with Crippen LogP contribution in [-0.4, -0.2) is 0 Å². The number of allylic oxidation sites excluding steroid dienone is 4. The number of para-hydroxylation sites is 4. The maximum Gasteiger partial charge on any atom is 0.0462 e. The van der Waals surface area contributed by atoms with E-state index in [0.29, 0.717) is 0 Å². The van der Waals surface area contributed by atoms with Crippen LogP contribution < -0.4 is 9.80 Å². The zero-order chi connectivity index (χ0) is 51.5. The molecule has 0 atom stereocenters. The summed E-state index contributed by atoms with van der Waals surface area (Å²) in [7, 11) is 0. The molecule has 0 fully saturated rings. The Kier molecular flexibility index (Phi) is 11.4. The molecule has 14 rings (SSSR count). The van der Waals surface area contributed by atoms with E-state index in [1.165, 1.54) is 105 Å². The van der Waals surface area contributed by atoms with Crippen LogP contribution in [0.4, 0.5) is 28.4 Å². The highest BCUT2D eigenvalue weighted by molar-refractivity contribution is 6.32. The first-order valence-electron chi connectivity index (χ1n) is 27.0. The molecular formula is C75H56N2. The summed E-state index contributed by atoms with van der Waals surface area (Å²) < 4.78 is 0. The lowest BCUT2D eigenvalue weighted by Gasteiger charge is -2.31. The summed E-state index contributed by atoms with van der Waals surface area (Å²) in [6.07, 6.45) is 6.56. The van der Waals surface area contributed by atoms with Crippen LogP contribution in [0.2, 0.25) is 0 Å². The zero-order valence-electron chi connectivity index (χ0n) is 43.4. The molecule has 0 bridgehead atoms. The summed E-state index contributed by atoms with van der Waals surface area (Å²) in [5.41, 5.74) is 22.2. The predicted octanol–water partition coefficient (Wildman–Crippen LogP) is 20.8. The van der Waals surface area contributed by atoms with Crippen LogP contribution >= 0.6 is 0 Å². The fourth-order valence-corrected chi connectivity index (χ4v) is 12.7.